The number of aliphatic carboxylic acids is 1. The summed E-state index contributed by atoms with van der Waals surface area (Å²) in [4.78, 5) is 43.2. The molecule has 0 unspecified atom stereocenters. The third kappa shape index (κ3) is 8.18. The molecule has 11 heteroatoms. The van der Waals surface area contributed by atoms with E-state index < -0.39 is 5.97 Å². The fourth-order valence-corrected chi connectivity index (χ4v) is 9.18. The molecule has 11 nitrogen and oxygen atoms in total. The van der Waals surface area contributed by atoms with Gasteiger partial charge >= 0.3 is 5.97 Å². The summed E-state index contributed by atoms with van der Waals surface area (Å²) in [6, 6.07) is 33.8. The lowest BCUT2D eigenvalue weighted by Gasteiger charge is -2.39. The normalized spacial score (nSPS) is 19.1. The molecule has 0 bridgehead atoms. The van der Waals surface area contributed by atoms with E-state index in [1.54, 1.807) is 0 Å². The van der Waals surface area contributed by atoms with Crippen molar-refractivity contribution in [2.45, 2.75) is 44.6 Å². The van der Waals surface area contributed by atoms with E-state index >= 15 is 0 Å². The molecule has 2 atom stereocenters. The van der Waals surface area contributed by atoms with Crippen molar-refractivity contribution in [2.75, 3.05) is 63.2 Å². The number of imidazole rings is 2. The Labute approximate surface area is 341 Å². The molecule has 58 heavy (non-hydrogen) atoms. The molecule has 3 saturated heterocycles. The third-order valence-corrected chi connectivity index (χ3v) is 12.6. The zero-order valence-electron chi connectivity index (χ0n) is 34.3. The van der Waals surface area contributed by atoms with E-state index in [4.69, 9.17) is 9.97 Å². The van der Waals surface area contributed by atoms with Gasteiger partial charge in [0.25, 0.3) is 0 Å². The van der Waals surface area contributed by atoms with E-state index in [1.807, 2.05) is 37.4 Å². The van der Waals surface area contributed by atoms with Gasteiger partial charge in [0.15, 0.2) is 0 Å². The molecule has 3 aliphatic heterocycles. The lowest BCUT2D eigenvalue weighted by molar-refractivity contribution is -0.142. The van der Waals surface area contributed by atoms with Gasteiger partial charge in [-0.1, -0.05) is 48.5 Å². The minimum Gasteiger partial charge on any atom is -0.481 e. The molecule has 0 aliphatic carbocycles. The van der Waals surface area contributed by atoms with Crippen LogP contribution < -0.4 is 9.80 Å². The fourth-order valence-electron chi connectivity index (χ4n) is 9.18. The van der Waals surface area contributed by atoms with Crippen molar-refractivity contribution in [3.63, 3.8) is 0 Å². The van der Waals surface area contributed by atoms with Gasteiger partial charge in [0.1, 0.15) is 11.6 Å². The predicted molar refractivity (Wildman–Crippen MR) is 233 cm³/mol. The number of aryl methyl sites for hydroxylation is 2. The maximum atomic E-state index is 13.3. The highest BCUT2D eigenvalue weighted by molar-refractivity contribution is 5.83. The second kappa shape index (κ2) is 17.0. The molecule has 5 heterocycles. The highest BCUT2D eigenvalue weighted by Crippen LogP contribution is 2.32. The smallest absolute Gasteiger partial charge is 0.308 e. The molecule has 302 valence electrons. The van der Waals surface area contributed by atoms with Crippen LogP contribution in [0.15, 0.2) is 97.1 Å². The summed E-state index contributed by atoms with van der Waals surface area (Å²) >= 11 is 0. The van der Waals surface area contributed by atoms with E-state index in [0.717, 1.165) is 122 Å². The molecular formula is C47H56N8O3. The molecule has 0 radical (unpaired) electrons. The van der Waals surface area contributed by atoms with Gasteiger partial charge in [-0.3, -0.25) is 9.59 Å². The van der Waals surface area contributed by atoms with Crippen LogP contribution in [0.3, 0.4) is 0 Å². The van der Waals surface area contributed by atoms with Crippen molar-refractivity contribution >= 4 is 45.3 Å². The number of piperidine rings is 3. The number of fused-ring (bicyclic) bond motifs is 2. The van der Waals surface area contributed by atoms with Gasteiger partial charge in [-0.2, -0.15) is 0 Å². The lowest BCUT2D eigenvalue weighted by atomic mass is 9.94. The summed E-state index contributed by atoms with van der Waals surface area (Å²) in [5.41, 5.74) is 8.65. The Morgan fingerprint density at radius 3 is 1.59 bits per heavy atom. The predicted octanol–water partition coefficient (Wildman–Crippen LogP) is 7.55. The highest BCUT2D eigenvalue weighted by Gasteiger charge is 2.32. The molecule has 0 saturated carbocycles. The zero-order valence-corrected chi connectivity index (χ0v) is 34.3. The number of carboxylic acid groups (broad SMARTS) is 1. The molecule has 4 aromatic carbocycles. The van der Waals surface area contributed by atoms with Crippen molar-refractivity contribution in [2.24, 2.45) is 25.9 Å². The number of hydrogen-bond acceptors (Lipinski definition) is 7. The van der Waals surface area contributed by atoms with Crippen molar-refractivity contribution < 1.29 is 14.7 Å². The largest absolute Gasteiger partial charge is 0.481 e. The number of para-hydroxylation sites is 4. The summed E-state index contributed by atoms with van der Waals surface area (Å²) in [7, 11) is 8.39. The fraction of sp³-hybridized carbons (Fsp3) is 0.404. The van der Waals surface area contributed by atoms with E-state index in [2.05, 4.69) is 117 Å². The van der Waals surface area contributed by atoms with Crippen LogP contribution in [0.25, 0.3) is 44.8 Å². The quantitative estimate of drug-likeness (QED) is 0.177. The van der Waals surface area contributed by atoms with Crippen LogP contribution in [0, 0.1) is 11.8 Å². The average Bonchev–Trinajstić information content (AvgIpc) is 3.79. The number of carboxylic acids is 1. The van der Waals surface area contributed by atoms with Crippen LogP contribution in [0.2, 0.25) is 0 Å². The number of aromatic nitrogens is 4. The Morgan fingerprint density at radius 2 is 1.10 bits per heavy atom. The number of carbonyl (C=O) groups excluding carboxylic acids is 1. The van der Waals surface area contributed by atoms with Gasteiger partial charge in [-0.25, -0.2) is 9.97 Å². The molecule has 1 amide bonds. The first-order valence-electron chi connectivity index (χ1n) is 20.9. The molecule has 0 spiro atoms. The molecule has 9 rings (SSSR count). The van der Waals surface area contributed by atoms with E-state index in [0.29, 0.717) is 18.5 Å². The second-order valence-electron chi connectivity index (χ2n) is 16.5. The van der Waals surface area contributed by atoms with Gasteiger partial charge in [-0.15, -0.1) is 0 Å². The Morgan fingerprint density at radius 1 is 0.621 bits per heavy atom. The SMILES string of the molecule is CN(C)C1CCN(C(=O)[C@@H]2CCCN(c3cccc(-c4nc5ccccc5n4C)c3)C2)CC1.Cn1c(-c2cccc(N3CCC[C@@H](C(=O)O)C3)c2)nc2ccccc21. The van der Waals surface area contributed by atoms with Crippen LogP contribution in [-0.2, 0) is 23.7 Å². The Hall–Kier alpha value is -5.68. The van der Waals surface area contributed by atoms with Gasteiger partial charge in [0.05, 0.1) is 33.9 Å². The van der Waals surface area contributed by atoms with Gasteiger partial charge in [0.2, 0.25) is 5.91 Å². The number of likely N-dealkylation sites (tertiary alicyclic amines) is 1. The first-order valence-corrected chi connectivity index (χ1v) is 20.9. The van der Waals surface area contributed by atoms with E-state index in [1.165, 1.54) is 5.69 Å². The van der Waals surface area contributed by atoms with Crippen LogP contribution in [-0.4, -0.2) is 105 Å². The Bertz CT molecular complexity index is 2390. The second-order valence-corrected chi connectivity index (χ2v) is 16.5. The first-order chi connectivity index (χ1) is 28.1. The number of hydrogen-bond donors (Lipinski definition) is 1. The lowest BCUT2D eigenvalue weighted by Crippen LogP contribution is -2.49. The minimum absolute atomic E-state index is 0.0917. The van der Waals surface area contributed by atoms with Crippen LogP contribution in [0.4, 0.5) is 11.4 Å². The number of anilines is 2. The third-order valence-electron chi connectivity index (χ3n) is 12.6. The standard InChI is InChI=1S/C27H35N5O.C20H21N3O2/c1-29(2)22-13-16-31(17-14-22)27(33)21-9-7-15-32(19-21)23-10-6-8-20(18-23)26-28-24-11-4-5-12-25(24)30(26)3;1-22-18-10-3-2-9-17(18)21-19(22)14-6-4-8-16(12-14)23-11-5-7-15(13-23)20(24)25/h4-6,8,10-12,18,21-22H,7,9,13-17,19H2,1-3H3;2-4,6,8-10,12,15H,5,7,11,13H2,1H3,(H,24,25)/t21-;15-/m11/s1. The average molecular weight is 781 g/mol. The van der Waals surface area contributed by atoms with E-state index in [9.17, 15) is 14.7 Å². The van der Waals surface area contributed by atoms with Crippen LogP contribution in [0.5, 0.6) is 0 Å². The van der Waals surface area contributed by atoms with Crippen molar-refractivity contribution in [3.05, 3.63) is 97.1 Å². The number of rotatable bonds is 7. The molecule has 6 aromatic rings. The topological polar surface area (TPSA) is 103 Å². The van der Waals surface area contributed by atoms with Gasteiger partial charge in [-0.05, 0) is 101 Å². The molecule has 2 aromatic heterocycles. The summed E-state index contributed by atoms with van der Waals surface area (Å²) < 4.78 is 4.26. The molecule has 1 N–H and O–H groups in total. The van der Waals surface area contributed by atoms with Gasteiger partial charge < -0.3 is 33.8 Å². The molecule has 3 aliphatic rings. The Kier molecular flexibility index (Phi) is 11.5. The van der Waals surface area contributed by atoms with Crippen LogP contribution >= 0.6 is 0 Å². The number of amides is 1. The van der Waals surface area contributed by atoms with E-state index in [-0.39, 0.29) is 11.8 Å². The maximum absolute atomic E-state index is 13.3. The van der Waals surface area contributed by atoms with Crippen LogP contribution in [0.1, 0.15) is 38.5 Å². The van der Waals surface area contributed by atoms with Crippen molar-refractivity contribution in [3.8, 4) is 22.8 Å². The van der Waals surface area contributed by atoms with Gasteiger partial charge in [0, 0.05) is 81.9 Å². The monoisotopic (exact) mass is 780 g/mol. The van der Waals surface area contributed by atoms with Crippen molar-refractivity contribution in [1.29, 1.82) is 0 Å². The summed E-state index contributed by atoms with van der Waals surface area (Å²) in [6.45, 7) is 5.05. The first kappa shape index (κ1) is 39.2. The maximum Gasteiger partial charge on any atom is 0.308 e. The number of carbonyl (C=O) groups is 2. The zero-order chi connectivity index (χ0) is 40.3. The minimum atomic E-state index is -0.698. The molecular weight excluding hydrogens is 725 g/mol. The highest BCUT2D eigenvalue weighted by atomic mass is 16.4. The summed E-state index contributed by atoms with van der Waals surface area (Å²) in [6.07, 6.45) is 5.88. The summed E-state index contributed by atoms with van der Waals surface area (Å²) in [5, 5.41) is 9.31. The Balaban J connectivity index is 0.000000168. The number of benzene rings is 4. The van der Waals surface area contributed by atoms with Crippen molar-refractivity contribution in [1.82, 2.24) is 28.9 Å². The number of nitrogens with zero attached hydrogens (tertiary/aromatic N) is 8. The summed E-state index contributed by atoms with van der Waals surface area (Å²) in [5.74, 6) is 1.36. The molecule has 3 fully saturated rings.